The lowest BCUT2D eigenvalue weighted by molar-refractivity contribution is -0.137. The molecule has 0 aromatic heterocycles. The van der Waals surface area contributed by atoms with E-state index < -0.39 is 24.1 Å². The summed E-state index contributed by atoms with van der Waals surface area (Å²) in [6, 6.07) is 14.2. The van der Waals surface area contributed by atoms with Gasteiger partial charge in [0.1, 0.15) is 6.10 Å². The summed E-state index contributed by atoms with van der Waals surface area (Å²) in [6.45, 7) is 1.53. The lowest BCUT2D eigenvalue weighted by Crippen LogP contribution is -2.35. The van der Waals surface area contributed by atoms with E-state index in [0.29, 0.717) is 17.5 Å². The van der Waals surface area contributed by atoms with E-state index in [2.05, 4.69) is 0 Å². The molecule has 1 aliphatic heterocycles. The fraction of sp³-hybridized carbons (Fsp3) is 0.286. The molecule has 0 bridgehead atoms. The van der Waals surface area contributed by atoms with Gasteiger partial charge in [0.05, 0.1) is 11.1 Å². The van der Waals surface area contributed by atoms with Crippen LogP contribution in [0.1, 0.15) is 44.9 Å². The molecule has 0 unspecified atom stereocenters. The zero-order valence-corrected chi connectivity index (χ0v) is 15.5. The highest BCUT2D eigenvalue weighted by molar-refractivity contribution is 5.96. The van der Waals surface area contributed by atoms with Crippen LogP contribution in [0.25, 0.3) is 0 Å². The third-order valence-corrected chi connectivity index (χ3v) is 4.46. The average Bonchev–Trinajstić information content (AvgIpc) is 2.67. The van der Waals surface area contributed by atoms with Crippen molar-refractivity contribution in [1.29, 1.82) is 0 Å². The summed E-state index contributed by atoms with van der Waals surface area (Å²) >= 11 is 0. The first-order valence-electron chi connectivity index (χ1n) is 8.68. The third kappa shape index (κ3) is 4.00. The van der Waals surface area contributed by atoms with Crippen molar-refractivity contribution in [3.8, 4) is 0 Å². The van der Waals surface area contributed by atoms with Gasteiger partial charge in [-0.05, 0) is 36.2 Å². The van der Waals surface area contributed by atoms with E-state index in [1.807, 2.05) is 30.3 Å². The SMILES string of the molecule is C[C@H](OC(=O)c1ccc2c(c1)C[C@@H](c1ccccc1)OC2=O)C(=O)N(C)C. The first kappa shape index (κ1) is 18.6. The van der Waals surface area contributed by atoms with Crippen LogP contribution < -0.4 is 0 Å². The first-order valence-corrected chi connectivity index (χ1v) is 8.68. The monoisotopic (exact) mass is 367 g/mol. The maximum atomic E-state index is 12.4. The number of carbonyl (C=O) groups is 3. The number of rotatable bonds is 4. The highest BCUT2D eigenvalue weighted by Crippen LogP contribution is 2.31. The predicted octanol–water partition coefficient (Wildman–Crippen LogP) is 2.77. The summed E-state index contributed by atoms with van der Waals surface area (Å²) in [5.41, 5.74) is 2.36. The first-order chi connectivity index (χ1) is 12.9. The van der Waals surface area contributed by atoms with Gasteiger partial charge in [-0.3, -0.25) is 4.79 Å². The molecule has 3 rings (SSSR count). The van der Waals surface area contributed by atoms with Crippen molar-refractivity contribution in [2.75, 3.05) is 14.1 Å². The molecule has 1 heterocycles. The minimum Gasteiger partial charge on any atom is -0.454 e. The van der Waals surface area contributed by atoms with Crippen LogP contribution in [0.2, 0.25) is 0 Å². The zero-order valence-electron chi connectivity index (χ0n) is 15.5. The molecule has 140 valence electrons. The Labute approximate surface area is 157 Å². The molecule has 2 aromatic rings. The van der Waals surface area contributed by atoms with Crippen molar-refractivity contribution in [1.82, 2.24) is 4.90 Å². The Kier molecular flexibility index (Phi) is 5.26. The second-order valence-corrected chi connectivity index (χ2v) is 6.66. The highest BCUT2D eigenvalue weighted by Gasteiger charge is 2.29. The summed E-state index contributed by atoms with van der Waals surface area (Å²) in [5, 5.41) is 0. The standard InChI is InChI=1S/C21H21NO5/c1-13(19(23)22(2)3)26-20(24)15-9-10-17-16(11-15)12-18(27-21(17)25)14-7-5-4-6-8-14/h4-11,13,18H,12H2,1-3H3/t13-,18-/m0/s1. The Morgan fingerprint density at radius 1 is 1.15 bits per heavy atom. The van der Waals surface area contributed by atoms with Crippen LogP contribution in [0.4, 0.5) is 0 Å². The lowest BCUT2D eigenvalue weighted by Gasteiger charge is -2.25. The van der Waals surface area contributed by atoms with Gasteiger partial charge in [-0.1, -0.05) is 30.3 Å². The van der Waals surface area contributed by atoms with Crippen LogP contribution >= 0.6 is 0 Å². The topological polar surface area (TPSA) is 72.9 Å². The molecule has 0 saturated heterocycles. The summed E-state index contributed by atoms with van der Waals surface area (Å²) < 4.78 is 10.8. The molecule has 2 aromatic carbocycles. The van der Waals surface area contributed by atoms with Crippen molar-refractivity contribution < 1.29 is 23.9 Å². The molecule has 1 amide bonds. The van der Waals surface area contributed by atoms with E-state index in [4.69, 9.17) is 9.47 Å². The van der Waals surface area contributed by atoms with Crippen LogP contribution in [-0.4, -0.2) is 42.9 Å². The van der Waals surface area contributed by atoms with E-state index in [9.17, 15) is 14.4 Å². The van der Waals surface area contributed by atoms with Gasteiger partial charge in [-0.25, -0.2) is 9.59 Å². The predicted molar refractivity (Wildman–Crippen MR) is 98.3 cm³/mol. The molecule has 0 saturated carbocycles. The molecule has 2 atom stereocenters. The number of benzene rings is 2. The van der Waals surface area contributed by atoms with Crippen LogP contribution in [0, 0.1) is 0 Å². The maximum Gasteiger partial charge on any atom is 0.339 e. The minimum absolute atomic E-state index is 0.297. The van der Waals surface area contributed by atoms with Crippen molar-refractivity contribution in [3.05, 3.63) is 70.8 Å². The zero-order chi connectivity index (χ0) is 19.6. The fourth-order valence-corrected chi connectivity index (χ4v) is 3.02. The number of esters is 2. The van der Waals surface area contributed by atoms with Crippen molar-refractivity contribution in [3.63, 3.8) is 0 Å². The molecule has 0 spiro atoms. The Bertz CT molecular complexity index is 875. The van der Waals surface area contributed by atoms with Gasteiger partial charge in [0.25, 0.3) is 5.91 Å². The molecule has 0 N–H and O–H groups in total. The van der Waals surface area contributed by atoms with Gasteiger partial charge in [-0.2, -0.15) is 0 Å². The normalized spacial score (nSPS) is 16.7. The van der Waals surface area contributed by atoms with Gasteiger partial charge in [-0.15, -0.1) is 0 Å². The summed E-state index contributed by atoms with van der Waals surface area (Å²) in [7, 11) is 3.20. The van der Waals surface area contributed by atoms with Crippen molar-refractivity contribution >= 4 is 17.8 Å². The molecule has 6 heteroatoms. The van der Waals surface area contributed by atoms with E-state index in [1.54, 1.807) is 26.2 Å². The number of carbonyl (C=O) groups excluding carboxylic acids is 3. The van der Waals surface area contributed by atoms with Gasteiger partial charge >= 0.3 is 11.9 Å². The third-order valence-electron chi connectivity index (χ3n) is 4.46. The Hall–Kier alpha value is -3.15. The fourth-order valence-electron chi connectivity index (χ4n) is 3.02. The summed E-state index contributed by atoms with van der Waals surface area (Å²) in [6.07, 6.45) is -0.810. The van der Waals surface area contributed by atoms with E-state index in [0.717, 1.165) is 11.1 Å². The van der Waals surface area contributed by atoms with Crippen molar-refractivity contribution in [2.45, 2.75) is 25.6 Å². The Morgan fingerprint density at radius 2 is 1.85 bits per heavy atom. The quantitative estimate of drug-likeness (QED) is 0.777. The summed E-state index contributed by atoms with van der Waals surface area (Å²) in [5.74, 6) is -1.31. The minimum atomic E-state index is -0.884. The molecule has 1 aliphatic rings. The van der Waals surface area contributed by atoms with Gasteiger partial charge in [0.2, 0.25) is 0 Å². The second-order valence-electron chi connectivity index (χ2n) is 6.66. The molecular weight excluding hydrogens is 346 g/mol. The molecule has 0 aliphatic carbocycles. The highest BCUT2D eigenvalue weighted by atomic mass is 16.6. The van der Waals surface area contributed by atoms with Gasteiger partial charge in [0, 0.05) is 20.5 Å². The number of nitrogens with zero attached hydrogens (tertiary/aromatic N) is 1. The summed E-state index contributed by atoms with van der Waals surface area (Å²) in [4.78, 5) is 37.9. The number of amides is 1. The van der Waals surface area contributed by atoms with Crippen LogP contribution in [0.15, 0.2) is 48.5 Å². The number of ether oxygens (including phenoxy) is 2. The average molecular weight is 367 g/mol. The van der Waals surface area contributed by atoms with Gasteiger partial charge < -0.3 is 14.4 Å². The lowest BCUT2D eigenvalue weighted by atomic mass is 9.93. The molecule has 6 nitrogen and oxygen atoms in total. The van der Waals surface area contributed by atoms with Crippen molar-refractivity contribution in [2.24, 2.45) is 0 Å². The second kappa shape index (κ2) is 7.61. The van der Waals surface area contributed by atoms with Crippen LogP contribution in [-0.2, 0) is 20.7 Å². The molecule has 0 radical (unpaired) electrons. The van der Waals surface area contributed by atoms with Crippen LogP contribution in [0.5, 0.6) is 0 Å². The van der Waals surface area contributed by atoms with E-state index in [1.165, 1.54) is 17.9 Å². The van der Waals surface area contributed by atoms with E-state index >= 15 is 0 Å². The smallest absolute Gasteiger partial charge is 0.339 e. The molecule has 0 fully saturated rings. The number of cyclic esters (lactones) is 1. The Balaban J connectivity index is 1.81. The number of hydrogen-bond acceptors (Lipinski definition) is 5. The maximum absolute atomic E-state index is 12.4. The van der Waals surface area contributed by atoms with Gasteiger partial charge in [0.15, 0.2) is 6.10 Å². The number of hydrogen-bond donors (Lipinski definition) is 0. The largest absolute Gasteiger partial charge is 0.454 e. The number of fused-ring (bicyclic) bond motifs is 1. The van der Waals surface area contributed by atoms with Crippen LogP contribution in [0.3, 0.4) is 0 Å². The molecule has 27 heavy (non-hydrogen) atoms. The number of likely N-dealkylation sites (N-methyl/N-ethyl adjacent to an activating group) is 1. The van der Waals surface area contributed by atoms with E-state index in [-0.39, 0.29) is 5.91 Å². The Morgan fingerprint density at radius 3 is 2.52 bits per heavy atom. The molecular formula is C21H21NO5.